The molecule has 0 radical (unpaired) electrons. The highest BCUT2D eigenvalue weighted by Gasteiger charge is 2.24. The van der Waals surface area contributed by atoms with Crippen molar-refractivity contribution in [2.45, 2.75) is 12.8 Å². The van der Waals surface area contributed by atoms with Crippen LogP contribution in [-0.4, -0.2) is 47.0 Å². The minimum Gasteiger partial charge on any atom is -0.396 e. The molecule has 2 N–H and O–H groups in total. The van der Waals surface area contributed by atoms with Gasteiger partial charge in [-0.15, -0.1) is 0 Å². The number of rotatable bonds is 5. The average Bonchev–Trinajstić information content (AvgIpc) is 3.09. The lowest BCUT2D eigenvalue weighted by molar-refractivity contribution is 0.0866. The number of piperidine rings is 1. The lowest BCUT2D eigenvalue weighted by atomic mass is 9.96. The van der Waals surface area contributed by atoms with Crippen LogP contribution in [0.15, 0.2) is 54.6 Å². The number of aromatic amines is 1. The van der Waals surface area contributed by atoms with Gasteiger partial charge in [0.25, 0.3) is 0 Å². The van der Waals surface area contributed by atoms with E-state index in [2.05, 4.69) is 9.88 Å². The van der Waals surface area contributed by atoms with Crippen molar-refractivity contribution in [1.29, 1.82) is 0 Å². The van der Waals surface area contributed by atoms with Crippen LogP contribution in [0.1, 0.15) is 23.2 Å². The molecule has 1 aliphatic heterocycles. The van der Waals surface area contributed by atoms with Crippen LogP contribution in [-0.2, 0) is 0 Å². The van der Waals surface area contributed by atoms with Gasteiger partial charge in [-0.25, -0.2) is 0 Å². The minimum absolute atomic E-state index is 0.156. The fourth-order valence-corrected chi connectivity index (χ4v) is 3.86. The van der Waals surface area contributed by atoms with Gasteiger partial charge in [-0.3, -0.25) is 9.69 Å². The summed E-state index contributed by atoms with van der Waals surface area (Å²) in [6.45, 7) is 2.43. The number of hydrogen-bond donors (Lipinski definition) is 2. The number of nitrogens with one attached hydrogen (secondary N) is 1. The molecule has 4 nitrogen and oxygen atoms in total. The van der Waals surface area contributed by atoms with Gasteiger partial charge in [-0.1, -0.05) is 48.5 Å². The monoisotopic (exact) mass is 348 g/mol. The predicted octanol–water partition coefficient (Wildman–Crippen LogP) is 3.72. The summed E-state index contributed by atoms with van der Waals surface area (Å²) in [4.78, 5) is 18.9. The maximum atomic E-state index is 13.2. The zero-order valence-corrected chi connectivity index (χ0v) is 14.8. The van der Waals surface area contributed by atoms with Crippen LogP contribution in [0.4, 0.5) is 0 Å². The Morgan fingerprint density at radius 3 is 2.46 bits per heavy atom. The van der Waals surface area contributed by atoms with Gasteiger partial charge in [0, 0.05) is 17.5 Å². The van der Waals surface area contributed by atoms with E-state index in [-0.39, 0.29) is 12.4 Å². The van der Waals surface area contributed by atoms with Gasteiger partial charge in [-0.05, 0) is 43.5 Å². The Morgan fingerprint density at radius 2 is 1.73 bits per heavy atom. The third-order valence-corrected chi connectivity index (χ3v) is 5.38. The largest absolute Gasteiger partial charge is 0.396 e. The molecule has 26 heavy (non-hydrogen) atoms. The maximum Gasteiger partial charge on any atom is 0.179 e. The van der Waals surface area contributed by atoms with Crippen LogP contribution in [0.25, 0.3) is 22.2 Å². The Bertz CT molecular complexity index is 893. The topological polar surface area (TPSA) is 56.3 Å². The molecule has 0 atom stereocenters. The molecule has 2 heterocycles. The van der Waals surface area contributed by atoms with Gasteiger partial charge in [0.1, 0.15) is 0 Å². The van der Waals surface area contributed by atoms with Crippen molar-refractivity contribution in [3.63, 3.8) is 0 Å². The smallest absolute Gasteiger partial charge is 0.179 e. The van der Waals surface area contributed by atoms with Crippen molar-refractivity contribution in [1.82, 2.24) is 9.88 Å². The second-order valence-corrected chi connectivity index (χ2v) is 7.11. The summed E-state index contributed by atoms with van der Waals surface area (Å²) in [6, 6.07) is 18.1. The first-order valence-electron chi connectivity index (χ1n) is 9.29. The van der Waals surface area contributed by atoms with E-state index in [1.165, 1.54) is 0 Å². The molecule has 0 unspecified atom stereocenters. The van der Waals surface area contributed by atoms with E-state index in [4.69, 9.17) is 0 Å². The molecule has 2 aromatic carbocycles. The number of aromatic nitrogens is 1. The molecule has 0 bridgehead atoms. The first-order valence-corrected chi connectivity index (χ1v) is 9.29. The summed E-state index contributed by atoms with van der Waals surface area (Å²) < 4.78 is 0. The number of H-pyrrole nitrogens is 1. The number of hydrogen-bond acceptors (Lipinski definition) is 3. The maximum absolute atomic E-state index is 13.2. The Balaban J connectivity index is 1.65. The molecule has 3 aromatic rings. The van der Waals surface area contributed by atoms with Crippen molar-refractivity contribution in [3.05, 3.63) is 60.2 Å². The molecule has 0 amide bonds. The number of carbonyl (C=O) groups is 1. The fraction of sp³-hybridized carbons (Fsp3) is 0.318. The number of Topliss-reactive ketones (excluding diaryl/α,β-unsaturated/α-hetero) is 1. The lowest BCUT2D eigenvalue weighted by Gasteiger charge is -2.30. The van der Waals surface area contributed by atoms with Gasteiger partial charge in [0.05, 0.1) is 17.8 Å². The Labute approximate surface area is 153 Å². The first-order chi connectivity index (χ1) is 12.8. The molecule has 1 aromatic heterocycles. The summed E-state index contributed by atoms with van der Waals surface area (Å²) in [6.07, 6.45) is 1.92. The van der Waals surface area contributed by atoms with Crippen LogP contribution < -0.4 is 0 Å². The molecule has 134 valence electrons. The molecule has 4 heteroatoms. The van der Waals surface area contributed by atoms with Crippen LogP contribution in [0.5, 0.6) is 0 Å². The second kappa shape index (κ2) is 7.44. The fourth-order valence-electron chi connectivity index (χ4n) is 3.86. The Hall–Kier alpha value is -2.43. The molecule has 1 fully saturated rings. The van der Waals surface area contributed by atoms with Gasteiger partial charge in [0.15, 0.2) is 5.78 Å². The lowest BCUT2D eigenvalue weighted by Crippen LogP contribution is -2.38. The summed E-state index contributed by atoms with van der Waals surface area (Å²) in [5.41, 5.74) is 3.72. The number of nitrogens with zero attached hydrogens (tertiary/aromatic N) is 1. The van der Waals surface area contributed by atoms with E-state index in [0.29, 0.717) is 12.5 Å². The van der Waals surface area contributed by atoms with Gasteiger partial charge in [0.2, 0.25) is 0 Å². The molecular formula is C22H24N2O2. The molecule has 1 saturated heterocycles. The Morgan fingerprint density at radius 1 is 1.04 bits per heavy atom. The molecule has 0 aliphatic carbocycles. The number of aliphatic hydroxyl groups excluding tert-OH is 1. The summed E-state index contributed by atoms with van der Waals surface area (Å²) >= 11 is 0. The number of ketones is 1. The van der Waals surface area contributed by atoms with E-state index < -0.39 is 0 Å². The zero-order chi connectivity index (χ0) is 17.9. The van der Waals surface area contributed by atoms with E-state index in [9.17, 15) is 9.90 Å². The molecule has 0 saturated carbocycles. The van der Waals surface area contributed by atoms with Crippen LogP contribution in [0.3, 0.4) is 0 Å². The average molecular weight is 348 g/mol. The number of fused-ring (bicyclic) bond motifs is 1. The van der Waals surface area contributed by atoms with Crippen LogP contribution in [0, 0.1) is 5.92 Å². The SMILES string of the molecule is O=C(CN1CCC(CO)CC1)c1c(-c2ccccc2)[nH]c2ccccc12. The van der Waals surface area contributed by atoms with Crippen LogP contribution >= 0.6 is 0 Å². The normalized spacial score (nSPS) is 16.2. The van der Waals surface area contributed by atoms with Gasteiger partial charge >= 0.3 is 0 Å². The molecule has 1 aliphatic rings. The third-order valence-electron chi connectivity index (χ3n) is 5.38. The van der Waals surface area contributed by atoms with Gasteiger partial charge < -0.3 is 10.1 Å². The van der Waals surface area contributed by atoms with E-state index in [1.807, 2.05) is 54.6 Å². The van der Waals surface area contributed by atoms with Gasteiger partial charge in [-0.2, -0.15) is 0 Å². The van der Waals surface area contributed by atoms with Crippen molar-refractivity contribution in [2.24, 2.45) is 5.92 Å². The quantitative estimate of drug-likeness (QED) is 0.691. The predicted molar refractivity (Wildman–Crippen MR) is 104 cm³/mol. The van der Waals surface area contributed by atoms with Crippen molar-refractivity contribution < 1.29 is 9.90 Å². The number of carbonyl (C=O) groups excluding carboxylic acids is 1. The van der Waals surface area contributed by atoms with E-state index >= 15 is 0 Å². The zero-order valence-electron chi connectivity index (χ0n) is 14.8. The number of aliphatic hydroxyl groups is 1. The minimum atomic E-state index is 0.156. The third kappa shape index (κ3) is 3.30. The van der Waals surface area contributed by atoms with E-state index in [1.54, 1.807) is 0 Å². The highest BCUT2D eigenvalue weighted by molar-refractivity contribution is 6.14. The molecular weight excluding hydrogens is 324 g/mol. The molecule has 4 rings (SSSR count). The van der Waals surface area contributed by atoms with E-state index in [0.717, 1.165) is 53.7 Å². The summed E-state index contributed by atoms with van der Waals surface area (Å²) in [7, 11) is 0. The van der Waals surface area contributed by atoms with Crippen molar-refractivity contribution >= 4 is 16.7 Å². The first kappa shape index (κ1) is 17.0. The number of likely N-dealkylation sites (tertiary alicyclic amines) is 1. The van der Waals surface area contributed by atoms with Crippen molar-refractivity contribution in [2.75, 3.05) is 26.2 Å². The standard InChI is InChI=1S/C22H24N2O2/c25-15-16-10-12-24(13-11-16)14-20(26)21-18-8-4-5-9-19(18)23-22(21)17-6-2-1-3-7-17/h1-9,16,23,25H,10-15H2. The summed E-state index contributed by atoms with van der Waals surface area (Å²) in [5, 5.41) is 10.3. The summed E-state index contributed by atoms with van der Waals surface area (Å²) in [5.74, 6) is 0.540. The highest BCUT2D eigenvalue weighted by Crippen LogP contribution is 2.31. The Kier molecular flexibility index (Phi) is 4.87. The number of benzene rings is 2. The number of para-hydroxylation sites is 1. The second-order valence-electron chi connectivity index (χ2n) is 7.11. The highest BCUT2D eigenvalue weighted by atomic mass is 16.3. The van der Waals surface area contributed by atoms with Crippen LogP contribution in [0.2, 0.25) is 0 Å². The molecule has 0 spiro atoms. The van der Waals surface area contributed by atoms with Crippen molar-refractivity contribution in [3.8, 4) is 11.3 Å².